The molecular weight excluding hydrogens is 266 g/mol. The van der Waals surface area contributed by atoms with E-state index in [4.69, 9.17) is 5.11 Å². The molecule has 0 bridgehead atoms. The summed E-state index contributed by atoms with van der Waals surface area (Å²) in [6, 6.07) is 6.81. The second kappa shape index (κ2) is 6.29. The van der Waals surface area contributed by atoms with Crippen LogP contribution >= 0.6 is 0 Å². The van der Waals surface area contributed by atoms with E-state index < -0.39 is 5.97 Å². The first-order valence-corrected chi connectivity index (χ1v) is 7.61. The molecule has 1 fully saturated rings. The van der Waals surface area contributed by atoms with Gasteiger partial charge in [-0.25, -0.2) is 4.79 Å². The number of nitrogens with zero attached hydrogens (tertiary/aromatic N) is 1. The highest BCUT2D eigenvalue weighted by Gasteiger charge is 2.37. The zero-order chi connectivity index (χ0) is 15.6. The van der Waals surface area contributed by atoms with Crippen LogP contribution in [0.25, 0.3) is 0 Å². The SMILES string of the molecule is CCC(C)C(C)N(C(=O)c1cccc(C(=O)O)c1)C1CC1. The molecule has 1 aliphatic rings. The second-order valence-electron chi connectivity index (χ2n) is 5.96. The lowest BCUT2D eigenvalue weighted by atomic mass is 9.98. The molecule has 0 aromatic heterocycles. The van der Waals surface area contributed by atoms with Crippen molar-refractivity contribution in [2.45, 2.75) is 52.1 Å². The van der Waals surface area contributed by atoms with E-state index in [1.165, 1.54) is 12.1 Å². The van der Waals surface area contributed by atoms with Gasteiger partial charge in [-0.1, -0.05) is 26.3 Å². The minimum Gasteiger partial charge on any atom is -0.478 e. The van der Waals surface area contributed by atoms with Crippen molar-refractivity contribution < 1.29 is 14.7 Å². The molecule has 1 amide bonds. The molecule has 1 N–H and O–H groups in total. The molecule has 0 spiro atoms. The van der Waals surface area contributed by atoms with Crippen LogP contribution in [0.5, 0.6) is 0 Å². The highest BCUT2D eigenvalue weighted by Crippen LogP contribution is 2.32. The number of hydrogen-bond donors (Lipinski definition) is 1. The lowest BCUT2D eigenvalue weighted by Crippen LogP contribution is -2.43. The Morgan fingerprint density at radius 3 is 2.43 bits per heavy atom. The van der Waals surface area contributed by atoms with Gasteiger partial charge in [-0.15, -0.1) is 0 Å². The van der Waals surface area contributed by atoms with E-state index >= 15 is 0 Å². The first-order valence-electron chi connectivity index (χ1n) is 7.61. The van der Waals surface area contributed by atoms with Gasteiger partial charge >= 0.3 is 5.97 Å². The maximum atomic E-state index is 12.8. The number of rotatable bonds is 6. The molecule has 0 radical (unpaired) electrons. The van der Waals surface area contributed by atoms with Crippen molar-refractivity contribution in [2.75, 3.05) is 0 Å². The van der Waals surface area contributed by atoms with Crippen molar-refractivity contribution >= 4 is 11.9 Å². The number of carbonyl (C=O) groups is 2. The van der Waals surface area contributed by atoms with Crippen LogP contribution in [0.15, 0.2) is 24.3 Å². The average Bonchev–Trinajstić information content (AvgIpc) is 3.31. The lowest BCUT2D eigenvalue weighted by molar-refractivity contribution is 0.0616. The standard InChI is InChI=1S/C17H23NO3/c1-4-11(2)12(3)18(15-8-9-15)16(19)13-6-5-7-14(10-13)17(20)21/h5-7,10-12,15H,4,8-9H2,1-3H3,(H,20,21). The normalized spacial score (nSPS) is 17.1. The molecule has 1 aliphatic carbocycles. The molecule has 1 saturated carbocycles. The number of carboxylic acid groups (broad SMARTS) is 1. The van der Waals surface area contributed by atoms with E-state index in [9.17, 15) is 9.59 Å². The van der Waals surface area contributed by atoms with Crippen LogP contribution in [0, 0.1) is 5.92 Å². The van der Waals surface area contributed by atoms with E-state index in [1.54, 1.807) is 12.1 Å². The number of amides is 1. The quantitative estimate of drug-likeness (QED) is 0.873. The molecule has 4 nitrogen and oxygen atoms in total. The fraction of sp³-hybridized carbons (Fsp3) is 0.529. The monoisotopic (exact) mass is 289 g/mol. The molecule has 1 aromatic rings. The lowest BCUT2D eigenvalue weighted by Gasteiger charge is -2.33. The topological polar surface area (TPSA) is 57.6 Å². The van der Waals surface area contributed by atoms with Gasteiger partial charge in [0.2, 0.25) is 0 Å². The van der Waals surface area contributed by atoms with Gasteiger partial charge in [0.1, 0.15) is 0 Å². The Morgan fingerprint density at radius 1 is 1.29 bits per heavy atom. The van der Waals surface area contributed by atoms with Crippen molar-refractivity contribution in [3.8, 4) is 0 Å². The first kappa shape index (κ1) is 15.5. The predicted octanol–water partition coefficient (Wildman–Crippen LogP) is 3.42. The van der Waals surface area contributed by atoms with Gasteiger partial charge in [-0.05, 0) is 43.9 Å². The molecule has 0 saturated heterocycles. The Hall–Kier alpha value is -1.84. The Labute approximate surface area is 125 Å². The van der Waals surface area contributed by atoms with Gasteiger partial charge in [-0.3, -0.25) is 4.79 Å². The number of carboxylic acids is 1. The molecule has 2 rings (SSSR count). The Balaban J connectivity index is 2.26. The molecular formula is C17H23NO3. The summed E-state index contributed by atoms with van der Waals surface area (Å²) < 4.78 is 0. The summed E-state index contributed by atoms with van der Waals surface area (Å²) in [6.07, 6.45) is 3.11. The number of aromatic carboxylic acids is 1. The molecule has 114 valence electrons. The second-order valence-corrected chi connectivity index (χ2v) is 5.96. The molecule has 1 aromatic carbocycles. The van der Waals surface area contributed by atoms with Gasteiger partial charge < -0.3 is 10.0 Å². The zero-order valence-electron chi connectivity index (χ0n) is 12.9. The highest BCUT2D eigenvalue weighted by atomic mass is 16.4. The molecule has 21 heavy (non-hydrogen) atoms. The fourth-order valence-electron chi connectivity index (χ4n) is 2.59. The van der Waals surface area contributed by atoms with E-state index in [1.807, 2.05) is 4.90 Å². The van der Waals surface area contributed by atoms with Gasteiger partial charge in [0.25, 0.3) is 5.91 Å². The maximum Gasteiger partial charge on any atom is 0.335 e. The summed E-state index contributed by atoms with van der Waals surface area (Å²) in [5, 5.41) is 9.06. The fourth-order valence-corrected chi connectivity index (χ4v) is 2.59. The summed E-state index contributed by atoms with van der Waals surface area (Å²) in [5.41, 5.74) is 0.629. The molecule has 0 aliphatic heterocycles. The van der Waals surface area contributed by atoms with Crippen molar-refractivity contribution in [1.29, 1.82) is 0 Å². The van der Waals surface area contributed by atoms with Crippen molar-refractivity contribution in [1.82, 2.24) is 4.90 Å². The van der Waals surface area contributed by atoms with Crippen LogP contribution in [0.4, 0.5) is 0 Å². The summed E-state index contributed by atoms with van der Waals surface area (Å²) >= 11 is 0. The molecule has 2 unspecified atom stereocenters. The van der Waals surface area contributed by atoms with Gasteiger partial charge in [0.05, 0.1) is 5.56 Å². The number of benzene rings is 1. The van der Waals surface area contributed by atoms with Gasteiger partial charge in [-0.2, -0.15) is 0 Å². The summed E-state index contributed by atoms with van der Waals surface area (Å²) in [7, 11) is 0. The predicted molar refractivity (Wildman–Crippen MR) is 81.5 cm³/mol. The van der Waals surface area contributed by atoms with E-state index in [-0.39, 0.29) is 17.5 Å². The Kier molecular flexibility index (Phi) is 4.66. The minimum absolute atomic E-state index is 0.0478. The summed E-state index contributed by atoms with van der Waals surface area (Å²) in [5.74, 6) is -0.622. The van der Waals surface area contributed by atoms with Crippen molar-refractivity contribution in [3.05, 3.63) is 35.4 Å². The highest BCUT2D eigenvalue weighted by molar-refractivity contribution is 5.97. The zero-order valence-corrected chi connectivity index (χ0v) is 12.9. The molecule has 0 heterocycles. The van der Waals surface area contributed by atoms with Gasteiger partial charge in [0.15, 0.2) is 0 Å². The first-order chi connectivity index (χ1) is 9.95. The van der Waals surface area contributed by atoms with Gasteiger partial charge in [0, 0.05) is 17.6 Å². The van der Waals surface area contributed by atoms with Crippen LogP contribution in [-0.4, -0.2) is 34.0 Å². The van der Waals surface area contributed by atoms with Crippen LogP contribution in [0.3, 0.4) is 0 Å². The van der Waals surface area contributed by atoms with Crippen LogP contribution in [0.2, 0.25) is 0 Å². The summed E-state index contributed by atoms with van der Waals surface area (Å²) in [4.78, 5) is 25.8. The largest absolute Gasteiger partial charge is 0.478 e. The number of hydrogen-bond acceptors (Lipinski definition) is 2. The van der Waals surface area contributed by atoms with Crippen molar-refractivity contribution in [2.24, 2.45) is 5.92 Å². The number of carbonyl (C=O) groups excluding carboxylic acids is 1. The maximum absolute atomic E-state index is 12.8. The molecule has 4 heteroatoms. The molecule has 2 atom stereocenters. The van der Waals surface area contributed by atoms with Crippen LogP contribution in [0.1, 0.15) is 60.7 Å². The van der Waals surface area contributed by atoms with Crippen LogP contribution < -0.4 is 0 Å². The van der Waals surface area contributed by atoms with E-state index in [0.29, 0.717) is 17.5 Å². The third kappa shape index (κ3) is 3.43. The Morgan fingerprint density at radius 2 is 1.90 bits per heavy atom. The smallest absolute Gasteiger partial charge is 0.335 e. The Bertz CT molecular complexity index is 537. The average molecular weight is 289 g/mol. The minimum atomic E-state index is -1.00. The third-order valence-electron chi connectivity index (χ3n) is 4.44. The van der Waals surface area contributed by atoms with Crippen molar-refractivity contribution in [3.63, 3.8) is 0 Å². The van der Waals surface area contributed by atoms with Crippen LogP contribution in [-0.2, 0) is 0 Å². The summed E-state index contributed by atoms with van der Waals surface area (Å²) in [6.45, 7) is 6.37. The third-order valence-corrected chi connectivity index (χ3v) is 4.44. The van der Waals surface area contributed by atoms with E-state index in [2.05, 4.69) is 20.8 Å². The van der Waals surface area contributed by atoms with E-state index in [0.717, 1.165) is 19.3 Å².